The van der Waals surface area contributed by atoms with Gasteiger partial charge in [0.1, 0.15) is 17.9 Å². The maximum Gasteiger partial charge on any atom is 0.263 e. The van der Waals surface area contributed by atoms with Crippen LogP contribution in [0.3, 0.4) is 0 Å². The Morgan fingerprint density at radius 1 is 1.10 bits per heavy atom. The summed E-state index contributed by atoms with van der Waals surface area (Å²) in [5.41, 5.74) is 1.49. The van der Waals surface area contributed by atoms with E-state index in [1.54, 1.807) is 6.07 Å². The van der Waals surface area contributed by atoms with Gasteiger partial charge in [0, 0.05) is 11.8 Å². The third-order valence-electron chi connectivity index (χ3n) is 3.98. The Balaban J connectivity index is 1.60. The van der Waals surface area contributed by atoms with Crippen LogP contribution >= 0.6 is 15.9 Å². The highest BCUT2D eigenvalue weighted by atomic mass is 79.9. The number of aromatic nitrogens is 2. The first kappa shape index (κ1) is 22.5. The van der Waals surface area contributed by atoms with Crippen LogP contribution in [0.15, 0.2) is 64.2 Å². The number of amides is 1. The van der Waals surface area contributed by atoms with Crippen molar-refractivity contribution in [1.82, 2.24) is 9.97 Å². The van der Waals surface area contributed by atoms with Crippen molar-refractivity contribution in [3.63, 3.8) is 0 Å². The van der Waals surface area contributed by atoms with Crippen LogP contribution in [0, 0.1) is 6.92 Å². The number of nitrogens with one attached hydrogen (secondary N) is 2. The molecule has 1 amide bonds. The van der Waals surface area contributed by atoms with Gasteiger partial charge < -0.3 is 14.8 Å². The van der Waals surface area contributed by atoms with Crippen LogP contribution in [0.1, 0.15) is 5.56 Å². The maximum atomic E-state index is 12.5. The highest BCUT2D eigenvalue weighted by Gasteiger charge is 2.16. The van der Waals surface area contributed by atoms with Crippen molar-refractivity contribution in [3.8, 4) is 11.6 Å². The number of hydrogen-bond donors (Lipinski definition) is 2. The van der Waals surface area contributed by atoms with Gasteiger partial charge in [-0.15, -0.1) is 0 Å². The van der Waals surface area contributed by atoms with Gasteiger partial charge in [-0.1, -0.05) is 6.07 Å². The van der Waals surface area contributed by atoms with Crippen LogP contribution in [0.2, 0.25) is 0 Å². The quantitative estimate of drug-likeness (QED) is 0.480. The fraction of sp³-hybridized carbons (Fsp3) is 0.150. The molecule has 0 atom stereocenters. The summed E-state index contributed by atoms with van der Waals surface area (Å²) in [5.74, 6) is 0.471. The molecule has 0 aliphatic heterocycles. The predicted octanol–water partition coefficient (Wildman–Crippen LogP) is 3.37. The lowest BCUT2D eigenvalue weighted by molar-refractivity contribution is -0.118. The minimum atomic E-state index is -3.88. The molecule has 0 aliphatic rings. The van der Waals surface area contributed by atoms with E-state index in [-0.39, 0.29) is 29.1 Å². The summed E-state index contributed by atoms with van der Waals surface area (Å²) in [4.78, 5) is 19.8. The zero-order valence-electron chi connectivity index (χ0n) is 16.6. The van der Waals surface area contributed by atoms with Gasteiger partial charge in [-0.05, 0) is 64.8 Å². The molecule has 0 saturated heterocycles. The molecule has 0 saturated carbocycles. The number of halogens is 1. The third kappa shape index (κ3) is 6.15. The van der Waals surface area contributed by atoms with Crippen molar-refractivity contribution in [1.29, 1.82) is 0 Å². The summed E-state index contributed by atoms with van der Waals surface area (Å²) in [6, 6.07) is 12.6. The summed E-state index contributed by atoms with van der Waals surface area (Å²) < 4.78 is 38.6. The van der Waals surface area contributed by atoms with Gasteiger partial charge in [-0.2, -0.15) is 0 Å². The second kappa shape index (κ2) is 9.75. The molecule has 0 fully saturated rings. The molecule has 9 nitrogen and oxygen atoms in total. The molecule has 0 unspecified atom stereocenters. The van der Waals surface area contributed by atoms with Crippen LogP contribution in [-0.4, -0.2) is 38.0 Å². The molecule has 3 rings (SSSR count). The molecule has 2 aromatic carbocycles. The first-order valence-corrected chi connectivity index (χ1v) is 11.2. The molecule has 162 valence electrons. The molecule has 1 heterocycles. The van der Waals surface area contributed by atoms with Gasteiger partial charge in [-0.3, -0.25) is 9.52 Å². The van der Waals surface area contributed by atoms with Gasteiger partial charge >= 0.3 is 0 Å². The Bertz CT molecular complexity index is 1190. The summed E-state index contributed by atoms with van der Waals surface area (Å²) in [5, 5.41) is 2.65. The molecule has 31 heavy (non-hydrogen) atoms. The standard InChI is InChI=1S/C20H19BrN4O5S/c1-13-3-8-17(16(21)9-13)30-11-19(26)24-14-4-6-15(7-5-14)31(27,28)25-18-10-20(29-2)23-12-22-18/h3-10,12H,11H2,1-2H3,(H,24,26)(H,22,23,25). The van der Waals surface area contributed by atoms with Gasteiger partial charge in [0.15, 0.2) is 6.61 Å². The zero-order valence-corrected chi connectivity index (χ0v) is 19.0. The van der Waals surface area contributed by atoms with E-state index >= 15 is 0 Å². The van der Waals surface area contributed by atoms with Crippen molar-refractivity contribution in [2.24, 2.45) is 0 Å². The molecule has 1 aromatic heterocycles. The summed E-state index contributed by atoms with van der Waals surface area (Å²) in [6.07, 6.45) is 1.19. The van der Waals surface area contributed by atoms with Gasteiger partial charge in [-0.25, -0.2) is 18.4 Å². The number of nitrogens with zero attached hydrogens (tertiary/aromatic N) is 2. The second-order valence-electron chi connectivity index (χ2n) is 6.35. The number of methoxy groups -OCH3 is 1. The molecule has 0 bridgehead atoms. The molecule has 11 heteroatoms. The van der Waals surface area contributed by atoms with Crippen molar-refractivity contribution >= 4 is 43.4 Å². The minimum absolute atomic E-state index is 0.00270. The average molecular weight is 507 g/mol. The fourth-order valence-corrected chi connectivity index (χ4v) is 4.09. The van der Waals surface area contributed by atoms with Crippen molar-refractivity contribution < 1.29 is 22.7 Å². The van der Waals surface area contributed by atoms with E-state index < -0.39 is 10.0 Å². The van der Waals surface area contributed by atoms with Gasteiger partial charge in [0.25, 0.3) is 15.9 Å². The van der Waals surface area contributed by atoms with Crippen LogP contribution in [0.25, 0.3) is 0 Å². The Morgan fingerprint density at radius 3 is 2.52 bits per heavy atom. The molecule has 0 spiro atoms. The third-order valence-corrected chi connectivity index (χ3v) is 5.97. The maximum absolute atomic E-state index is 12.5. The number of rotatable bonds is 8. The number of sulfonamides is 1. The SMILES string of the molecule is COc1cc(NS(=O)(=O)c2ccc(NC(=O)COc3ccc(C)cc3Br)cc2)ncn1. The van der Waals surface area contributed by atoms with E-state index in [0.717, 1.165) is 10.0 Å². The Morgan fingerprint density at radius 2 is 1.84 bits per heavy atom. The molecular weight excluding hydrogens is 488 g/mol. The van der Waals surface area contributed by atoms with E-state index in [9.17, 15) is 13.2 Å². The zero-order chi connectivity index (χ0) is 22.4. The number of hydrogen-bond acceptors (Lipinski definition) is 7. The van der Waals surface area contributed by atoms with Crippen molar-refractivity contribution in [2.75, 3.05) is 23.8 Å². The van der Waals surface area contributed by atoms with Crippen LogP contribution in [0.5, 0.6) is 11.6 Å². The molecule has 3 aromatic rings. The van der Waals surface area contributed by atoms with Crippen molar-refractivity contribution in [3.05, 3.63) is 64.9 Å². The number of carbonyl (C=O) groups is 1. The summed E-state index contributed by atoms with van der Waals surface area (Å²) in [6.45, 7) is 1.75. The molecule has 0 aliphatic carbocycles. The van der Waals surface area contributed by atoms with Crippen LogP contribution in [0.4, 0.5) is 11.5 Å². The average Bonchev–Trinajstić information content (AvgIpc) is 2.73. The predicted molar refractivity (Wildman–Crippen MR) is 119 cm³/mol. The molecule has 0 radical (unpaired) electrons. The Kier molecular flexibility index (Phi) is 7.08. The number of anilines is 2. The van der Waals surface area contributed by atoms with E-state index in [1.807, 2.05) is 19.1 Å². The lowest BCUT2D eigenvalue weighted by Gasteiger charge is -2.11. The van der Waals surface area contributed by atoms with Gasteiger partial charge in [0.2, 0.25) is 5.88 Å². The monoisotopic (exact) mass is 506 g/mol. The largest absolute Gasteiger partial charge is 0.483 e. The first-order valence-electron chi connectivity index (χ1n) is 8.94. The minimum Gasteiger partial charge on any atom is -0.483 e. The topological polar surface area (TPSA) is 120 Å². The second-order valence-corrected chi connectivity index (χ2v) is 8.88. The fourth-order valence-electron chi connectivity index (χ4n) is 2.48. The number of ether oxygens (including phenoxy) is 2. The lowest BCUT2D eigenvalue weighted by atomic mass is 10.2. The van der Waals surface area contributed by atoms with Crippen molar-refractivity contribution in [2.45, 2.75) is 11.8 Å². The number of benzene rings is 2. The van der Waals surface area contributed by atoms with Crippen LogP contribution < -0.4 is 19.5 Å². The highest BCUT2D eigenvalue weighted by molar-refractivity contribution is 9.10. The molecular formula is C20H19BrN4O5S. The smallest absolute Gasteiger partial charge is 0.263 e. The van der Waals surface area contributed by atoms with E-state index in [2.05, 4.69) is 35.9 Å². The van der Waals surface area contributed by atoms with E-state index in [4.69, 9.17) is 9.47 Å². The first-order chi connectivity index (χ1) is 14.8. The van der Waals surface area contributed by atoms with E-state index in [0.29, 0.717) is 11.4 Å². The Labute approximate surface area is 188 Å². The highest BCUT2D eigenvalue weighted by Crippen LogP contribution is 2.25. The van der Waals surface area contributed by atoms with Gasteiger partial charge in [0.05, 0.1) is 16.5 Å². The normalized spacial score (nSPS) is 10.9. The number of carbonyl (C=O) groups excluding carboxylic acids is 1. The summed E-state index contributed by atoms with van der Waals surface area (Å²) >= 11 is 3.39. The van der Waals surface area contributed by atoms with Crippen LogP contribution in [-0.2, 0) is 14.8 Å². The van der Waals surface area contributed by atoms with E-state index in [1.165, 1.54) is 43.8 Å². The lowest BCUT2D eigenvalue weighted by Crippen LogP contribution is -2.20. The molecule has 2 N–H and O–H groups in total. The summed E-state index contributed by atoms with van der Waals surface area (Å²) in [7, 11) is -2.46. The number of aryl methyl sites for hydroxylation is 1. The Hall–Kier alpha value is -3.18.